The monoisotopic (exact) mass is 205 g/mol. The Labute approximate surface area is 88.3 Å². The first-order valence-electron chi connectivity index (χ1n) is 5.14. The molecule has 4 heteroatoms. The van der Waals surface area contributed by atoms with Crippen molar-refractivity contribution in [1.29, 1.82) is 0 Å². The molecule has 4 nitrogen and oxygen atoms in total. The Hall–Kier alpha value is -1.39. The van der Waals surface area contributed by atoms with E-state index in [0.29, 0.717) is 0 Å². The van der Waals surface area contributed by atoms with Gasteiger partial charge in [0, 0.05) is 18.5 Å². The molecule has 0 saturated carbocycles. The zero-order chi connectivity index (χ0) is 10.5. The van der Waals surface area contributed by atoms with Gasteiger partial charge in [0.1, 0.15) is 0 Å². The minimum absolute atomic E-state index is 0.243. The fourth-order valence-corrected chi connectivity index (χ4v) is 1.53. The first kappa shape index (κ1) is 10.1. The molecule has 0 aliphatic rings. The van der Waals surface area contributed by atoms with Gasteiger partial charge in [-0.05, 0) is 24.6 Å². The van der Waals surface area contributed by atoms with Gasteiger partial charge in [-0.15, -0.1) is 0 Å². The molecule has 0 aliphatic heterocycles. The minimum Gasteiger partial charge on any atom is -0.396 e. The smallest absolute Gasteiger partial charge is 0.0653 e. The van der Waals surface area contributed by atoms with Gasteiger partial charge in [-0.2, -0.15) is 5.10 Å². The van der Waals surface area contributed by atoms with Gasteiger partial charge in [0.05, 0.1) is 11.7 Å². The zero-order valence-corrected chi connectivity index (χ0v) is 8.53. The Bertz CT molecular complexity index is 424. The lowest BCUT2D eigenvalue weighted by Gasteiger charge is -2.03. The Balaban J connectivity index is 1.96. The number of nitrogens with one attached hydrogen (secondary N) is 2. The summed E-state index contributed by atoms with van der Waals surface area (Å²) in [7, 11) is 0. The van der Waals surface area contributed by atoms with Crippen LogP contribution in [0.5, 0.6) is 0 Å². The van der Waals surface area contributed by atoms with Gasteiger partial charge in [-0.3, -0.25) is 5.10 Å². The highest BCUT2D eigenvalue weighted by atomic mass is 16.3. The minimum atomic E-state index is 0.243. The number of aromatic amines is 1. The number of fused-ring (bicyclic) bond motifs is 1. The first-order valence-corrected chi connectivity index (χ1v) is 5.14. The molecular weight excluding hydrogens is 190 g/mol. The summed E-state index contributed by atoms with van der Waals surface area (Å²) in [5, 5.41) is 19.9. The molecule has 0 unspecified atom stereocenters. The molecule has 0 bridgehead atoms. The highest BCUT2D eigenvalue weighted by molar-refractivity contribution is 5.78. The number of hydrogen-bond acceptors (Lipinski definition) is 3. The number of rotatable bonds is 5. The van der Waals surface area contributed by atoms with E-state index in [-0.39, 0.29) is 6.61 Å². The molecule has 3 N–H and O–H groups in total. The SMILES string of the molecule is OCCCNCc1ccc2cn[nH]c2c1. The van der Waals surface area contributed by atoms with Crippen LogP contribution >= 0.6 is 0 Å². The highest BCUT2D eigenvalue weighted by Crippen LogP contribution is 2.12. The first-order chi connectivity index (χ1) is 7.40. The molecule has 2 rings (SSSR count). The van der Waals surface area contributed by atoms with Crippen LogP contribution in [0.2, 0.25) is 0 Å². The van der Waals surface area contributed by atoms with Crippen LogP contribution in [-0.2, 0) is 6.54 Å². The summed E-state index contributed by atoms with van der Waals surface area (Å²) in [6, 6.07) is 6.24. The number of aromatic nitrogens is 2. The largest absolute Gasteiger partial charge is 0.396 e. The lowest BCUT2D eigenvalue weighted by molar-refractivity contribution is 0.286. The molecule has 0 amide bonds. The third-order valence-corrected chi connectivity index (χ3v) is 2.35. The van der Waals surface area contributed by atoms with Crippen LogP contribution in [0.4, 0.5) is 0 Å². The van der Waals surface area contributed by atoms with Crippen molar-refractivity contribution in [3.05, 3.63) is 30.0 Å². The van der Waals surface area contributed by atoms with E-state index in [0.717, 1.165) is 30.4 Å². The Morgan fingerprint density at radius 3 is 3.20 bits per heavy atom. The van der Waals surface area contributed by atoms with Crippen LogP contribution in [0.1, 0.15) is 12.0 Å². The third-order valence-electron chi connectivity index (χ3n) is 2.35. The van der Waals surface area contributed by atoms with E-state index in [1.54, 1.807) is 0 Å². The maximum Gasteiger partial charge on any atom is 0.0653 e. The maximum atomic E-state index is 8.62. The molecule has 15 heavy (non-hydrogen) atoms. The van der Waals surface area contributed by atoms with Gasteiger partial charge in [0.2, 0.25) is 0 Å². The summed E-state index contributed by atoms with van der Waals surface area (Å²) in [5.41, 5.74) is 2.29. The van der Waals surface area contributed by atoms with E-state index in [4.69, 9.17) is 5.11 Å². The van der Waals surface area contributed by atoms with E-state index in [9.17, 15) is 0 Å². The van der Waals surface area contributed by atoms with E-state index < -0.39 is 0 Å². The Morgan fingerprint density at radius 2 is 2.33 bits per heavy atom. The number of nitrogens with zero attached hydrogens (tertiary/aromatic N) is 1. The molecule has 0 saturated heterocycles. The topological polar surface area (TPSA) is 60.9 Å². The molecule has 0 aliphatic carbocycles. The van der Waals surface area contributed by atoms with Gasteiger partial charge in [0.25, 0.3) is 0 Å². The Kier molecular flexibility index (Phi) is 3.32. The van der Waals surface area contributed by atoms with Crippen molar-refractivity contribution in [3.8, 4) is 0 Å². The molecule has 1 aromatic carbocycles. The summed E-state index contributed by atoms with van der Waals surface area (Å²) < 4.78 is 0. The lowest BCUT2D eigenvalue weighted by atomic mass is 10.1. The predicted molar refractivity (Wildman–Crippen MR) is 59.5 cm³/mol. The van der Waals surface area contributed by atoms with Crippen LogP contribution in [0, 0.1) is 0 Å². The second-order valence-electron chi connectivity index (χ2n) is 3.55. The Morgan fingerprint density at radius 1 is 1.40 bits per heavy atom. The molecule has 0 spiro atoms. The van der Waals surface area contributed by atoms with Crippen molar-refractivity contribution in [1.82, 2.24) is 15.5 Å². The number of hydrogen-bond donors (Lipinski definition) is 3. The normalized spacial score (nSPS) is 11.0. The summed E-state index contributed by atoms with van der Waals surface area (Å²) in [6.07, 6.45) is 2.62. The number of H-pyrrole nitrogens is 1. The third kappa shape index (κ3) is 2.55. The molecule has 2 aromatic rings. The van der Waals surface area contributed by atoms with E-state index >= 15 is 0 Å². The second-order valence-corrected chi connectivity index (χ2v) is 3.55. The van der Waals surface area contributed by atoms with Crippen molar-refractivity contribution in [2.24, 2.45) is 0 Å². The van der Waals surface area contributed by atoms with Crippen molar-refractivity contribution < 1.29 is 5.11 Å². The van der Waals surface area contributed by atoms with E-state index in [1.807, 2.05) is 6.20 Å². The predicted octanol–water partition coefficient (Wildman–Crippen LogP) is 1.03. The molecule has 0 fully saturated rings. The summed E-state index contributed by atoms with van der Waals surface area (Å²) >= 11 is 0. The maximum absolute atomic E-state index is 8.62. The highest BCUT2D eigenvalue weighted by Gasteiger charge is 1.97. The fourth-order valence-electron chi connectivity index (χ4n) is 1.53. The lowest BCUT2D eigenvalue weighted by Crippen LogP contribution is -2.15. The number of benzene rings is 1. The quantitative estimate of drug-likeness (QED) is 0.639. The molecule has 80 valence electrons. The van der Waals surface area contributed by atoms with E-state index in [2.05, 4.69) is 33.7 Å². The average molecular weight is 205 g/mol. The molecular formula is C11H15N3O. The van der Waals surface area contributed by atoms with Crippen molar-refractivity contribution in [2.75, 3.05) is 13.2 Å². The fraction of sp³-hybridized carbons (Fsp3) is 0.364. The van der Waals surface area contributed by atoms with Crippen LogP contribution in [-0.4, -0.2) is 28.5 Å². The van der Waals surface area contributed by atoms with E-state index in [1.165, 1.54) is 5.56 Å². The van der Waals surface area contributed by atoms with Crippen molar-refractivity contribution >= 4 is 10.9 Å². The van der Waals surface area contributed by atoms with Gasteiger partial charge >= 0.3 is 0 Å². The number of aliphatic hydroxyl groups is 1. The van der Waals surface area contributed by atoms with Crippen LogP contribution in [0.15, 0.2) is 24.4 Å². The van der Waals surface area contributed by atoms with Crippen LogP contribution < -0.4 is 5.32 Å². The van der Waals surface area contributed by atoms with Gasteiger partial charge in [0.15, 0.2) is 0 Å². The standard InChI is InChI=1S/C11H15N3O/c15-5-1-4-12-7-9-2-3-10-8-13-14-11(10)6-9/h2-3,6,8,12,15H,1,4-5,7H2,(H,13,14). The van der Waals surface area contributed by atoms with Crippen molar-refractivity contribution in [2.45, 2.75) is 13.0 Å². The summed E-state index contributed by atoms with van der Waals surface area (Å²) in [4.78, 5) is 0. The zero-order valence-electron chi connectivity index (χ0n) is 8.53. The number of aliphatic hydroxyl groups excluding tert-OH is 1. The second kappa shape index (κ2) is 4.91. The molecule has 1 aromatic heterocycles. The molecule has 0 radical (unpaired) electrons. The average Bonchev–Trinajstić information content (AvgIpc) is 2.71. The summed E-state index contributed by atoms with van der Waals surface area (Å²) in [6.45, 7) is 1.92. The summed E-state index contributed by atoms with van der Waals surface area (Å²) in [5.74, 6) is 0. The van der Waals surface area contributed by atoms with Crippen LogP contribution in [0.25, 0.3) is 10.9 Å². The van der Waals surface area contributed by atoms with Crippen molar-refractivity contribution in [3.63, 3.8) is 0 Å². The van der Waals surface area contributed by atoms with Gasteiger partial charge in [-0.1, -0.05) is 12.1 Å². The van der Waals surface area contributed by atoms with Gasteiger partial charge < -0.3 is 10.4 Å². The molecule has 1 heterocycles. The molecule has 0 atom stereocenters. The van der Waals surface area contributed by atoms with Gasteiger partial charge in [-0.25, -0.2) is 0 Å². The van der Waals surface area contributed by atoms with Crippen LogP contribution in [0.3, 0.4) is 0 Å².